The molecule has 2 nitrogen and oxygen atoms in total. The maximum Gasteiger partial charge on any atom is 0.0489 e. The summed E-state index contributed by atoms with van der Waals surface area (Å²) in [5.41, 5.74) is 1.47. The highest BCUT2D eigenvalue weighted by Crippen LogP contribution is 2.37. The second-order valence-corrected chi connectivity index (χ2v) is 7.11. The summed E-state index contributed by atoms with van der Waals surface area (Å²) in [6.07, 6.45) is 3.65. The molecule has 1 fully saturated rings. The van der Waals surface area contributed by atoms with E-state index in [0.29, 0.717) is 12.0 Å². The summed E-state index contributed by atoms with van der Waals surface area (Å²) in [4.78, 5) is 0. The smallest absolute Gasteiger partial charge is 0.0489 e. The zero-order valence-corrected chi connectivity index (χ0v) is 14.2. The van der Waals surface area contributed by atoms with Gasteiger partial charge in [-0.15, -0.1) is 0 Å². The van der Waals surface area contributed by atoms with Crippen molar-refractivity contribution in [2.45, 2.75) is 45.1 Å². The standard InChI is InChI=1S/C17H26BrNO/c1-13(2)12-20-8-4-7-19-17-10-15(11-17)14-5-3-6-16(18)9-14/h3,5-6,9,13,15,17,19H,4,7-8,10-12H2,1-2H3. The Bertz CT molecular complexity index is 402. The minimum atomic E-state index is 0.639. The van der Waals surface area contributed by atoms with Gasteiger partial charge < -0.3 is 10.1 Å². The van der Waals surface area contributed by atoms with Crippen molar-refractivity contribution < 1.29 is 4.74 Å². The van der Waals surface area contributed by atoms with Gasteiger partial charge in [0.1, 0.15) is 0 Å². The van der Waals surface area contributed by atoms with Gasteiger partial charge in [0.05, 0.1) is 0 Å². The first-order valence-electron chi connectivity index (χ1n) is 7.71. The molecule has 0 atom stereocenters. The van der Waals surface area contributed by atoms with Crippen LogP contribution in [0.5, 0.6) is 0 Å². The van der Waals surface area contributed by atoms with Gasteiger partial charge >= 0.3 is 0 Å². The van der Waals surface area contributed by atoms with E-state index in [2.05, 4.69) is 59.4 Å². The predicted molar refractivity (Wildman–Crippen MR) is 88.2 cm³/mol. The molecule has 0 saturated heterocycles. The van der Waals surface area contributed by atoms with E-state index < -0.39 is 0 Å². The van der Waals surface area contributed by atoms with Gasteiger partial charge in [-0.1, -0.05) is 41.9 Å². The third-order valence-electron chi connectivity index (χ3n) is 3.81. The van der Waals surface area contributed by atoms with Crippen LogP contribution in [0.1, 0.15) is 44.6 Å². The van der Waals surface area contributed by atoms with Crippen molar-refractivity contribution in [1.82, 2.24) is 5.32 Å². The lowest BCUT2D eigenvalue weighted by Gasteiger charge is -2.36. The van der Waals surface area contributed by atoms with E-state index in [-0.39, 0.29) is 0 Å². The summed E-state index contributed by atoms with van der Waals surface area (Å²) < 4.78 is 6.78. The lowest BCUT2D eigenvalue weighted by Crippen LogP contribution is -2.40. The average Bonchev–Trinajstić information content (AvgIpc) is 2.35. The summed E-state index contributed by atoms with van der Waals surface area (Å²) in [6, 6.07) is 9.41. The normalized spacial score (nSPS) is 22.0. The first-order chi connectivity index (χ1) is 9.65. The maximum absolute atomic E-state index is 5.59. The Balaban J connectivity index is 1.54. The Labute approximate surface area is 131 Å². The van der Waals surface area contributed by atoms with Gasteiger partial charge in [0.25, 0.3) is 0 Å². The first kappa shape index (κ1) is 16.0. The molecular weight excluding hydrogens is 314 g/mol. The maximum atomic E-state index is 5.59. The van der Waals surface area contributed by atoms with E-state index in [1.165, 1.54) is 22.9 Å². The number of ether oxygens (including phenoxy) is 1. The zero-order chi connectivity index (χ0) is 14.4. The molecule has 0 spiro atoms. The number of nitrogens with one attached hydrogen (secondary N) is 1. The summed E-state index contributed by atoms with van der Waals surface area (Å²) in [5, 5.41) is 3.63. The molecule has 20 heavy (non-hydrogen) atoms. The Hall–Kier alpha value is -0.380. The Morgan fingerprint density at radius 3 is 2.85 bits per heavy atom. The quantitative estimate of drug-likeness (QED) is 0.711. The van der Waals surface area contributed by atoms with Gasteiger partial charge in [0.15, 0.2) is 0 Å². The molecule has 0 aliphatic heterocycles. The fourth-order valence-corrected chi connectivity index (χ4v) is 3.03. The number of hydrogen-bond acceptors (Lipinski definition) is 2. The van der Waals surface area contributed by atoms with E-state index in [9.17, 15) is 0 Å². The molecule has 0 heterocycles. The molecule has 3 heteroatoms. The molecule has 2 rings (SSSR count). The average molecular weight is 340 g/mol. The van der Waals surface area contributed by atoms with E-state index in [1.54, 1.807) is 0 Å². The van der Waals surface area contributed by atoms with Crippen molar-refractivity contribution in [2.75, 3.05) is 19.8 Å². The Morgan fingerprint density at radius 2 is 2.15 bits per heavy atom. The van der Waals surface area contributed by atoms with Crippen LogP contribution in [0.3, 0.4) is 0 Å². The number of benzene rings is 1. The van der Waals surface area contributed by atoms with Crippen molar-refractivity contribution in [3.8, 4) is 0 Å². The molecular formula is C17H26BrNO. The third kappa shape index (κ3) is 5.19. The predicted octanol–water partition coefficient (Wildman–Crippen LogP) is 4.35. The molecule has 0 aromatic heterocycles. The van der Waals surface area contributed by atoms with E-state index >= 15 is 0 Å². The molecule has 112 valence electrons. The van der Waals surface area contributed by atoms with Crippen molar-refractivity contribution in [3.63, 3.8) is 0 Å². The van der Waals surface area contributed by atoms with Crippen LogP contribution >= 0.6 is 15.9 Å². The number of halogens is 1. The highest BCUT2D eigenvalue weighted by molar-refractivity contribution is 9.10. The molecule has 1 aromatic carbocycles. The first-order valence-corrected chi connectivity index (χ1v) is 8.51. The minimum absolute atomic E-state index is 0.639. The monoisotopic (exact) mass is 339 g/mol. The van der Waals surface area contributed by atoms with Gasteiger partial charge in [-0.25, -0.2) is 0 Å². The lowest BCUT2D eigenvalue weighted by molar-refractivity contribution is 0.106. The summed E-state index contributed by atoms with van der Waals surface area (Å²) in [6.45, 7) is 7.22. The molecule has 1 saturated carbocycles. The lowest BCUT2D eigenvalue weighted by atomic mass is 9.76. The SMILES string of the molecule is CC(C)COCCCNC1CC(c2cccc(Br)c2)C1. The van der Waals surface area contributed by atoms with Crippen LogP contribution in [-0.4, -0.2) is 25.8 Å². The molecule has 0 radical (unpaired) electrons. The Kier molecular flexibility index (Phi) is 6.53. The van der Waals surface area contributed by atoms with Crippen molar-refractivity contribution in [1.29, 1.82) is 0 Å². The Morgan fingerprint density at radius 1 is 1.35 bits per heavy atom. The highest BCUT2D eigenvalue weighted by Gasteiger charge is 2.29. The van der Waals surface area contributed by atoms with Crippen molar-refractivity contribution in [2.24, 2.45) is 5.92 Å². The molecule has 1 aliphatic carbocycles. The molecule has 1 aliphatic rings. The van der Waals surface area contributed by atoms with Gasteiger partial charge in [0.2, 0.25) is 0 Å². The van der Waals surface area contributed by atoms with Crippen LogP contribution in [-0.2, 0) is 4.74 Å². The van der Waals surface area contributed by atoms with Crippen molar-refractivity contribution in [3.05, 3.63) is 34.3 Å². The van der Waals surface area contributed by atoms with Crippen LogP contribution in [0.15, 0.2) is 28.7 Å². The van der Waals surface area contributed by atoms with Gasteiger partial charge in [-0.05, 0) is 55.3 Å². The summed E-state index contributed by atoms with van der Waals surface area (Å²) >= 11 is 3.55. The third-order valence-corrected chi connectivity index (χ3v) is 4.30. The second kappa shape index (κ2) is 8.16. The van der Waals surface area contributed by atoms with Gasteiger partial charge in [-0.2, -0.15) is 0 Å². The second-order valence-electron chi connectivity index (χ2n) is 6.20. The van der Waals surface area contributed by atoms with Crippen LogP contribution in [0.4, 0.5) is 0 Å². The van der Waals surface area contributed by atoms with Crippen molar-refractivity contribution >= 4 is 15.9 Å². The van der Waals surface area contributed by atoms with E-state index in [4.69, 9.17) is 4.74 Å². The summed E-state index contributed by atoms with van der Waals surface area (Å²) in [5.74, 6) is 1.38. The van der Waals surface area contributed by atoms with Crippen LogP contribution in [0.25, 0.3) is 0 Å². The number of rotatable bonds is 8. The number of hydrogen-bond donors (Lipinski definition) is 1. The van der Waals surface area contributed by atoms with E-state index in [1.807, 2.05) is 0 Å². The van der Waals surface area contributed by atoms with Crippen LogP contribution in [0.2, 0.25) is 0 Å². The summed E-state index contributed by atoms with van der Waals surface area (Å²) in [7, 11) is 0. The largest absolute Gasteiger partial charge is 0.381 e. The van der Waals surface area contributed by atoms with Gasteiger partial charge in [0, 0.05) is 23.7 Å². The van der Waals surface area contributed by atoms with Gasteiger partial charge in [-0.3, -0.25) is 0 Å². The molecule has 0 bridgehead atoms. The van der Waals surface area contributed by atoms with E-state index in [0.717, 1.165) is 32.1 Å². The molecule has 0 amide bonds. The molecule has 1 N–H and O–H groups in total. The zero-order valence-electron chi connectivity index (χ0n) is 12.6. The molecule has 0 unspecified atom stereocenters. The fraction of sp³-hybridized carbons (Fsp3) is 0.647. The topological polar surface area (TPSA) is 21.3 Å². The van der Waals surface area contributed by atoms with Crippen LogP contribution in [0, 0.1) is 5.92 Å². The molecule has 1 aromatic rings. The fourth-order valence-electron chi connectivity index (χ4n) is 2.62. The highest BCUT2D eigenvalue weighted by atomic mass is 79.9. The van der Waals surface area contributed by atoms with Crippen LogP contribution < -0.4 is 5.32 Å². The minimum Gasteiger partial charge on any atom is -0.381 e.